The standard InChI is InChI=1S/C25H25FN2O3/c26-20-8-4-7-19-22-14-27-15-28(22)21(24(19)20)13-23(29)16-9-11-18(12-10-16)31-25(30)17-5-2-1-3-6-17/h1-8,14-16,18,21,23,29H,9-13H2. The van der Waals surface area contributed by atoms with Gasteiger partial charge in [-0.1, -0.05) is 30.3 Å². The molecule has 5 rings (SSSR count). The third-order valence-corrected chi connectivity index (χ3v) is 6.67. The van der Waals surface area contributed by atoms with E-state index in [2.05, 4.69) is 4.98 Å². The van der Waals surface area contributed by atoms with Gasteiger partial charge in [0.25, 0.3) is 0 Å². The van der Waals surface area contributed by atoms with Crippen LogP contribution < -0.4 is 0 Å². The summed E-state index contributed by atoms with van der Waals surface area (Å²) in [7, 11) is 0. The number of esters is 1. The van der Waals surface area contributed by atoms with Crippen molar-refractivity contribution < 1.29 is 19.0 Å². The topological polar surface area (TPSA) is 64.3 Å². The lowest BCUT2D eigenvalue weighted by Crippen LogP contribution is -2.31. The van der Waals surface area contributed by atoms with Crippen LogP contribution in [-0.2, 0) is 4.74 Å². The van der Waals surface area contributed by atoms with Gasteiger partial charge in [0.1, 0.15) is 11.9 Å². The fourth-order valence-electron chi connectivity index (χ4n) is 5.04. The first kappa shape index (κ1) is 19.9. The summed E-state index contributed by atoms with van der Waals surface area (Å²) in [5, 5.41) is 11.0. The maximum Gasteiger partial charge on any atom is 0.338 e. The molecule has 1 aliphatic heterocycles. The molecule has 0 spiro atoms. The highest BCUT2D eigenvalue weighted by atomic mass is 19.1. The monoisotopic (exact) mass is 420 g/mol. The van der Waals surface area contributed by atoms with Crippen molar-refractivity contribution in [1.82, 2.24) is 9.55 Å². The number of imidazole rings is 1. The number of halogens is 1. The van der Waals surface area contributed by atoms with Crippen molar-refractivity contribution in [2.45, 2.75) is 50.4 Å². The summed E-state index contributed by atoms with van der Waals surface area (Å²) in [4.78, 5) is 16.5. The normalized spacial score (nSPS) is 23.1. The third kappa shape index (κ3) is 3.76. The number of carbonyl (C=O) groups excluding carboxylic acids is 1. The summed E-state index contributed by atoms with van der Waals surface area (Å²) in [5.74, 6) is -0.431. The van der Waals surface area contributed by atoms with E-state index in [1.165, 1.54) is 6.07 Å². The number of carbonyl (C=O) groups is 1. The molecular formula is C25H25FN2O3. The van der Waals surface area contributed by atoms with Crippen molar-refractivity contribution in [2.75, 3.05) is 0 Å². The molecule has 160 valence electrons. The minimum Gasteiger partial charge on any atom is -0.459 e. The van der Waals surface area contributed by atoms with Gasteiger partial charge in [-0.15, -0.1) is 0 Å². The fraction of sp³-hybridized carbons (Fsp3) is 0.360. The van der Waals surface area contributed by atoms with E-state index in [9.17, 15) is 14.3 Å². The average Bonchev–Trinajstić information content (AvgIpc) is 3.38. The van der Waals surface area contributed by atoms with E-state index in [-0.39, 0.29) is 29.9 Å². The Hall–Kier alpha value is -2.99. The number of ether oxygens (including phenoxy) is 1. The lowest BCUT2D eigenvalue weighted by atomic mass is 9.81. The molecule has 2 heterocycles. The molecule has 6 heteroatoms. The van der Waals surface area contributed by atoms with Crippen LogP contribution >= 0.6 is 0 Å². The molecule has 31 heavy (non-hydrogen) atoms. The Kier molecular flexibility index (Phi) is 5.32. The number of rotatable bonds is 5. The largest absolute Gasteiger partial charge is 0.459 e. The molecule has 0 amide bonds. The second-order valence-electron chi connectivity index (χ2n) is 8.51. The highest BCUT2D eigenvalue weighted by molar-refractivity contribution is 5.89. The SMILES string of the molecule is O=C(OC1CCC(C(O)CC2c3c(F)cccc3-c3cncn32)CC1)c1ccccc1. The Morgan fingerprint density at radius 1 is 1.13 bits per heavy atom. The molecule has 1 saturated carbocycles. The molecule has 1 aliphatic carbocycles. The van der Waals surface area contributed by atoms with E-state index in [0.717, 1.165) is 36.9 Å². The van der Waals surface area contributed by atoms with Crippen molar-refractivity contribution in [3.8, 4) is 11.3 Å². The van der Waals surface area contributed by atoms with Crippen LogP contribution in [0.3, 0.4) is 0 Å². The summed E-state index contributed by atoms with van der Waals surface area (Å²) in [6.45, 7) is 0. The van der Waals surface area contributed by atoms with Crippen LogP contribution in [0.25, 0.3) is 11.3 Å². The Bertz CT molecular complexity index is 1070. The van der Waals surface area contributed by atoms with E-state index in [1.807, 2.05) is 28.8 Å². The smallest absolute Gasteiger partial charge is 0.338 e. The number of nitrogens with zero attached hydrogens (tertiary/aromatic N) is 2. The zero-order valence-corrected chi connectivity index (χ0v) is 17.2. The Morgan fingerprint density at radius 3 is 2.68 bits per heavy atom. The van der Waals surface area contributed by atoms with Crippen LogP contribution in [0, 0.1) is 11.7 Å². The molecular weight excluding hydrogens is 395 g/mol. The lowest BCUT2D eigenvalue weighted by Gasteiger charge is -2.32. The number of benzene rings is 2. The molecule has 1 fully saturated rings. The number of hydrogen-bond acceptors (Lipinski definition) is 4. The second kappa shape index (κ2) is 8.27. The zero-order valence-electron chi connectivity index (χ0n) is 17.2. The molecule has 3 aromatic rings. The van der Waals surface area contributed by atoms with Crippen LogP contribution in [0.2, 0.25) is 0 Å². The first-order valence-corrected chi connectivity index (χ1v) is 10.9. The number of aliphatic hydroxyl groups excluding tert-OH is 1. The van der Waals surface area contributed by atoms with Gasteiger partial charge in [0.05, 0.1) is 35.9 Å². The third-order valence-electron chi connectivity index (χ3n) is 6.67. The molecule has 2 atom stereocenters. The van der Waals surface area contributed by atoms with Gasteiger partial charge in [0, 0.05) is 11.1 Å². The van der Waals surface area contributed by atoms with Gasteiger partial charge in [-0.25, -0.2) is 14.2 Å². The van der Waals surface area contributed by atoms with Gasteiger partial charge in [-0.05, 0) is 56.2 Å². The molecule has 0 saturated heterocycles. The van der Waals surface area contributed by atoms with E-state index in [4.69, 9.17) is 4.74 Å². The molecule has 2 unspecified atom stereocenters. The van der Waals surface area contributed by atoms with Crippen molar-refractivity contribution in [3.63, 3.8) is 0 Å². The molecule has 0 radical (unpaired) electrons. The van der Waals surface area contributed by atoms with E-state index in [1.54, 1.807) is 30.7 Å². The van der Waals surface area contributed by atoms with Crippen LogP contribution in [0.1, 0.15) is 54.1 Å². The Labute approximate surface area is 180 Å². The van der Waals surface area contributed by atoms with Gasteiger partial charge in [0.15, 0.2) is 0 Å². The predicted molar refractivity (Wildman–Crippen MR) is 114 cm³/mol. The first-order valence-electron chi connectivity index (χ1n) is 10.9. The van der Waals surface area contributed by atoms with Crippen molar-refractivity contribution >= 4 is 5.97 Å². The van der Waals surface area contributed by atoms with Gasteiger partial charge in [0.2, 0.25) is 0 Å². The van der Waals surface area contributed by atoms with Gasteiger partial charge in [-0.3, -0.25) is 0 Å². The number of aromatic nitrogens is 2. The van der Waals surface area contributed by atoms with Crippen LogP contribution in [0.5, 0.6) is 0 Å². The van der Waals surface area contributed by atoms with Gasteiger partial charge >= 0.3 is 5.97 Å². The van der Waals surface area contributed by atoms with Gasteiger partial charge < -0.3 is 14.4 Å². The molecule has 1 aromatic heterocycles. The number of aliphatic hydroxyl groups is 1. The predicted octanol–water partition coefficient (Wildman–Crippen LogP) is 4.76. The number of hydrogen-bond donors (Lipinski definition) is 1. The minimum absolute atomic E-state index is 0.106. The Balaban J connectivity index is 1.21. The second-order valence-corrected chi connectivity index (χ2v) is 8.51. The maximum atomic E-state index is 14.6. The van der Waals surface area contributed by atoms with Crippen molar-refractivity contribution in [2.24, 2.45) is 5.92 Å². The summed E-state index contributed by atoms with van der Waals surface area (Å²) >= 11 is 0. The van der Waals surface area contributed by atoms with Crippen molar-refractivity contribution in [3.05, 3.63) is 78.0 Å². The minimum atomic E-state index is -0.559. The summed E-state index contributed by atoms with van der Waals surface area (Å²) in [6, 6.07) is 13.8. The fourth-order valence-corrected chi connectivity index (χ4v) is 5.04. The number of fused-ring (bicyclic) bond motifs is 3. The maximum absolute atomic E-state index is 14.6. The zero-order chi connectivity index (χ0) is 21.4. The summed E-state index contributed by atoms with van der Waals surface area (Å²) in [6.07, 6.45) is 6.23. The van der Waals surface area contributed by atoms with E-state index >= 15 is 0 Å². The van der Waals surface area contributed by atoms with Crippen LogP contribution in [0.4, 0.5) is 4.39 Å². The highest BCUT2D eigenvalue weighted by Crippen LogP contribution is 2.44. The molecule has 5 nitrogen and oxygen atoms in total. The lowest BCUT2D eigenvalue weighted by molar-refractivity contribution is 0.000754. The average molecular weight is 420 g/mol. The van der Waals surface area contributed by atoms with E-state index in [0.29, 0.717) is 17.5 Å². The molecule has 2 aliphatic rings. The van der Waals surface area contributed by atoms with Crippen molar-refractivity contribution in [1.29, 1.82) is 0 Å². The first-order chi connectivity index (χ1) is 15.1. The van der Waals surface area contributed by atoms with Gasteiger partial charge in [-0.2, -0.15) is 0 Å². The van der Waals surface area contributed by atoms with E-state index < -0.39 is 6.10 Å². The quantitative estimate of drug-likeness (QED) is 0.605. The molecule has 2 aromatic carbocycles. The highest BCUT2D eigenvalue weighted by Gasteiger charge is 2.36. The summed E-state index contributed by atoms with van der Waals surface area (Å²) in [5.41, 5.74) is 2.95. The molecule has 1 N–H and O–H groups in total. The van der Waals surface area contributed by atoms with Crippen LogP contribution in [-0.4, -0.2) is 32.8 Å². The Morgan fingerprint density at radius 2 is 1.90 bits per heavy atom. The van der Waals surface area contributed by atoms with Crippen LogP contribution in [0.15, 0.2) is 61.1 Å². The molecule has 0 bridgehead atoms. The summed E-state index contributed by atoms with van der Waals surface area (Å²) < 4.78 is 22.2.